The summed E-state index contributed by atoms with van der Waals surface area (Å²) >= 11 is 0. The van der Waals surface area contributed by atoms with Gasteiger partial charge in [-0.15, -0.1) is 0 Å². The van der Waals surface area contributed by atoms with Crippen LogP contribution in [0.3, 0.4) is 0 Å². The second-order valence-corrected chi connectivity index (χ2v) is 11.2. The topological polar surface area (TPSA) is 37.4 Å². The zero-order chi connectivity index (χ0) is 21.7. The molecule has 1 fully saturated rings. The minimum atomic E-state index is -3.10. The van der Waals surface area contributed by atoms with Crippen LogP contribution >= 0.6 is 0 Å². The van der Waals surface area contributed by atoms with Crippen LogP contribution in [0.15, 0.2) is 30.3 Å². The second-order valence-electron chi connectivity index (χ2n) is 9.15. The average Bonchev–Trinajstić information content (AvgIpc) is 2.76. The summed E-state index contributed by atoms with van der Waals surface area (Å²) in [5.74, 6) is 0.328. The Balaban J connectivity index is 1.65. The smallest absolute Gasteiger partial charge is 0.214 e. The molecule has 0 saturated carbocycles. The summed E-state index contributed by atoms with van der Waals surface area (Å²) in [6.07, 6.45) is 12.3. The molecule has 1 aliphatic heterocycles. The maximum absolute atomic E-state index is 12.8. The van der Waals surface area contributed by atoms with E-state index in [4.69, 9.17) is 0 Å². The highest BCUT2D eigenvalue weighted by molar-refractivity contribution is 7.89. The van der Waals surface area contributed by atoms with Crippen molar-refractivity contribution < 1.29 is 12.9 Å². The number of nitrogens with zero attached hydrogens (tertiary/aromatic N) is 2. The normalized spacial score (nSPS) is 17.3. The van der Waals surface area contributed by atoms with Crippen LogP contribution in [0.1, 0.15) is 83.6 Å². The van der Waals surface area contributed by atoms with Gasteiger partial charge in [-0.3, -0.25) is 0 Å². The van der Waals surface area contributed by atoms with Gasteiger partial charge in [-0.1, -0.05) is 95.0 Å². The van der Waals surface area contributed by atoms with Crippen molar-refractivity contribution in [3.8, 4) is 0 Å². The minimum Gasteiger partial charge on any atom is -0.318 e. The third-order valence-electron chi connectivity index (χ3n) is 6.83. The van der Waals surface area contributed by atoms with Crippen molar-refractivity contribution in [2.75, 3.05) is 38.5 Å². The summed E-state index contributed by atoms with van der Waals surface area (Å²) in [7, 11) is -3.10. The zero-order valence-corrected chi connectivity index (χ0v) is 20.3. The molecule has 5 heteroatoms. The first-order valence-corrected chi connectivity index (χ1v) is 14.0. The Hall–Kier alpha value is -0.910. The van der Waals surface area contributed by atoms with Crippen LogP contribution in [-0.2, 0) is 16.6 Å². The summed E-state index contributed by atoms with van der Waals surface area (Å²) in [4.78, 5) is 0. The molecule has 172 valence electrons. The lowest BCUT2D eigenvalue weighted by Crippen LogP contribution is -2.60. The Labute approximate surface area is 186 Å². The van der Waals surface area contributed by atoms with Crippen LogP contribution in [0.2, 0.25) is 0 Å². The standard InChI is InChI=1S/C25H45N2O2S/c1-3-5-6-7-8-9-10-11-12-16-23-30(28,29)26-19-21-27(4-2,22-20-26)24-25-17-14-13-15-18-25/h13-15,17-18H,3-12,16,19-24H2,1-2H3/q+1. The Morgan fingerprint density at radius 2 is 1.33 bits per heavy atom. The van der Waals surface area contributed by atoms with Crippen molar-refractivity contribution in [2.45, 2.75) is 84.6 Å². The van der Waals surface area contributed by atoms with Crippen molar-refractivity contribution in [1.29, 1.82) is 0 Å². The van der Waals surface area contributed by atoms with Gasteiger partial charge < -0.3 is 4.48 Å². The van der Waals surface area contributed by atoms with E-state index in [9.17, 15) is 8.42 Å². The lowest BCUT2D eigenvalue weighted by Gasteiger charge is -2.44. The molecule has 1 aromatic carbocycles. The van der Waals surface area contributed by atoms with Crippen molar-refractivity contribution in [2.24, 2.45) is 0 Å². The molecule has 1 aliphatic rings. The number of quaternary nitrogens is 1. The molecule has 2 rings (SSSR count). The summed E-state index contributed by atoms with van der Waals surface area (Å²) in [6, 6.07) is 10.6. The van der Waals surface area contributed by atoms with Crippen LogP contribution in [0.4, 0.5) is 0 Å². The van der Waals surface area contributed by atoms with Crippen LogP contribution < -0.4 is 0 Å². The molecule has 0 unspecified atom stereocenters. The maximum Gasteiger partial charge on any atom is 0.214 e. The van der Waals surface area contributed by atoms with Crippen molar-refractivity contribution in [1.82, 2.24) is 4.31 Å². The highest BCUT2D eigenvalue weighted by atomic mass is 32.2. The predicted octanol–water partition coefficient (Wildman–Crippen LogP) is 5.59. The van der Waals surface area contributed by atoms with Crippen molar-refractivity contribution in [3.63, 3.8) is 0 Å². The first-order chi connectivity index (χ1) is 14.5. The van der Waals surface area contributed by atoms with E-state index < -0.39 is 10.0 Å². The fraction of sp³-hybridized carbons (Fsp3) is 0.760. The maximum atomic E-state index is 12.8. The molecular formula is C25H45N2O2S+. The van der Waals surface area contributed by atoms with E-state index >= 15 is 0 Å². The summed E-state index contributed by atoms with van der Waals surface area (Å²) in [5, 5.41) is 0. The number of piperazine rings is 1. The molecule has 0 spiro atoms. The lowest BCUT2D eigenvalue weighted by molar-refractivity contribution is -0.942. The molecule has 1 saturated heterocycles. The van der Waals surface area contributed by atoms with Gasteiger partial charge in [-0.05, 0) is 13.3 Å². The largest absolute Gasteiger partial charge is 0.318 e. The Morgan fingerprint density at radius 1 is 0.800 bits per heavy atom. The highest BCUT2D eigenvalue weighted by Gasteiger charge is 2.35. The van der Waals surface area contributed by atoms with Crippen molar-refractivity contribution >= 4 is 10.0 Å². The molecule has 30 heavy (non-hydrogen) atoms. The van der Waals surface area contributed by atoms with E-state index in [0.717, 1.165) is 43.5 Å². The fourth-order valence-corrected chi connectivity index (χ4v) is 6.15. The van der Waals surface area contributed by atoms with Crippen molar-refractivity contribution in [3.05, 3.63) is 35.9 Å². The van der Waals surface area contributed by atoms with Crippen LogP contribution in [0, 0.1) is 0 Å². The van der Waals surface area contributed by atoms with E-state index in [1.807, 2.05) is 0 Å². The Morgan fingerprint density at radius 3 is 1.87 bits per heavy atom. The third-order valence-corrected chi connectivity index (χ3v) is 8.78. The number of hydrogen-bond acceptors (Lipinski definition) is 2. The van der Waals surface area contributed by atoms with E-state index in [0.29, 0.717) is 18.8 Å². The monoisotopic (exact) mass is 437 g/mol. The first kappa shape index (κ1) is 25.4. The molecule has 0 radical (unpaired) electrons. The zero-order valence-electron chi connectivity index (χ0n) is 19.5. The van der Waals surface area contributed by atoms with Gasteiger partial charge in [-0.2, -0.15) is 4.31 Å². The SMILES string of the molecule is CCCCCCCCCCCCS(=O)(=O)N1CC[N+](CC)(Cc2ccccc2)CC1. The fourth-order valence-electron chi connectivity index (χ4n) is 4.61. The van der Waals surface area contributed by atoms with E-state index in [1.54, 1.807) is 4.31 Å². The quantitative estimate of drug-likeness (QED) is 0.265. The highest BCUT2D eigenvalue weighted by Crippen LogP contribution is 2.21. The first-order valence-electron chi connectivity index (χ1n) is 12.4. The number of unbranched alkanes of at least 4 members (excludes halogenated alkanes) is 9. The second kappa shape index (κ2) is 13.5. The average molecular weight is 438 g/mol. The van der Waals surface area contributed by atoms with Gasteiger partial charge >= 0.3 is 0 Å². The summed E-state index contributed by atoms with van der Waals surface area (Å²) in [5.41, 5.74) is 1.35. The third kappa shape index (κ3) is 8.68. The molecular weight excluding hydrogens is 392 g/mol. The van der Waals surface area contributed by atoms with Gasteiger partial charge in [0.15, 0.2) is 0 Å². The number of sulfonamides is 1. The van der Waals surface area contributed by atoms with Gasteiger partial charge in [0, 0.05) is 5.56 Å². The number of likely N-dealkylation sites (N-methyl/N-ethyl adjacent to an activating group) is 1. The van der Waals surface area contributed by atoms with Gasteiger partial charge in [-0.25, -0.2) is 8.42 Å². The molecule has 0 aromatic heterocycles. The molecule has 0 aliphatic carbocycles. The van der Waals surface area contributed by atoms with Gasteiger partial charge in [0.05, 0.1) is 38.5 Å². The van der Waals surface area contributed by atoms with Gasteiger partial charge in [0.25, 0.3) is 0 Å². The summed E-state index contributed by atoms with van der Waals surface area (Å²) < 4.78 is 28.4. The van der Waals surface area contributed by atoms with Gasteiger partial charge in [0.2, 0.25) is 10.0 Å². The van der Waals surface area contributed by atoms with Crippen LogP contribution in [0.25, 0.3) is 0 Å². The van der Waals surface area contributed by atoms with Crippen LogP contribution in [-0.4, -0.2) is 55.7 Å². The number of rotatable bonds is 15. The van der Waals surface area contributed by atoms with Crippen LogP contribution in [0.5, 0.6) is 0 Å². The molecule has 0 bridgehead atoms. The Bertz CT molecular complexity index is 668. The van der Waals surface area contributed by atoms with E-state index in [2.05, 4.69) is 44.2 Å². The molecule has 0 N–H and O–H groups in total. The molecule has 0 amide bonds. The molecule has 1 heterocycles. The van der Waals surface area contributed by atoms with E-state index in [-0.39, 0.29) is 0 Å². The van der Waals surface area contributed by atoms with Gasteiger partial charge in [0.1, 0.15) is 6.54 Å². The number of benzene rings is 1. The molecule has 1 aromatic rings. The molecule has 4 nitrogen and oxygen atoms in total. The number of hydrogen-bond donors (Lipinski definition) is 0. The molecule has 0 atom stereocenters. The lowest BCUT2D eigenvalue weighted by atomic mass is 10.1. The Kier molecular flexibility index (Phi) is 11.4. The summed E-state index contributed by atoms with van der Waals surface area (Å²) in [6.45, 7) is 9.72. The minimum absolute atomic E-state index is 0.328. The van der Waals surface area contributed by atoms with E-state index in [1.165, 1.54) is 56.9 Å². The predicted molar refractivity (Wildman–Crippen MR) is 128 cm³/mol.